The summed E-state index contributed by atoms with van der Waals surface area (Å²) in [7, 11) is -2.82. The van der Waals surface area contributed by atoms with Crippen molar-refractivity contribution in [2.75, 3.05) is 11.5 Å². The standard InChI is InChI=1S/C11H16N2O2S/c14-16(15)7-3-5-11(9-16)13-8-10-4-1-2-6-12-10/h1-2,4,6,11,13H,3,5,7-9H2. The Kier molecular flexibility index (Phi) is 3.56. The van der Waals surface area contributed by atoms with Crippen LogP contribution in [0.15, 0.2) is 24.4 Å². The number of pyridine rings is 1. The van der Waals surface area contributed by atoms with Crippen LogP contribution in [-0.4, -0.2) is 30.9 Å². The van der Waals surface area contributed by atoms with Gasteiger partial charge in [0.25, 0.3) is 0 Å². The summed E-state index contributed by atoms with van der Waals surface area (Å²) in [6.45, 7) is 0.640. The van der Waals surface area contributed by atoms with Gasteiger partial charge in [0.15, 0.2) is 9.84 Å². The number of nitrogens with one attached hydrogen (secondary N) is 1. The first-order valence-corrected chi connectivity index (χ1v) is 7.31. The second-order valence-electron chi connectivity index (χ2n) is 4.16. The first-order valence-electron chi connectivity index (χ1n) is 5.49. The zero-order valence-corrected chi connectivity index (χ0v) is 9.91. The lowest BCUT2D eigenvalue weighted by Crippen LogP contribution is -2.39. The van der Waals surface area contributed by atoms with Crippen LogP contribution >= 0.6 is 0 Å². The smallest absolute Gasteiger partial charge is 0.151 e. The average molecular weight is 240 g/mol. The van der Waals surface area contributed by atoms with E-state index in [9.17, 15) is 8.42 Å². The van der Waals surface area contributed by atoms with Crippen molar-refractivity contribution in [2.45, 2.75) is 25.4 Å². The summed E-state index contributed by atoms with van der Waals surface area (Å²) >= 11 is 0. The second kappa shape index (κ2) is 4.93. The van der Waals surface area contributed by atoms with Gasteiger partial charge in [-0.2, -0.15) is 0 Å². The maximum atomic E-state index is 11.4. The number of rotatable bonds is 3. The molecule has 1 fully saturated rings. The molecule has 0 aromatic carbocycles. The molecule has 1 N–H and O–H groups in total. The van der Waals surface area contributed by atoms with Crippen LogP contribution in [0.5, 0.6) is 0 Å². The van der Waals surface area contributed by atoms with E-state index in [2.05, 4.69) is 10.3 Å². The maximum Gasteiger partial charge on any atom is 0.151 e. The summed E-state index contributed by atoms with van der Waals surface area (Å²) in [5, 5.41) is 3.25. The molecule has 2 heterocycles. The molecule has 0 bridgehead atoms. The highest BCUT2D eigenvalue weighted by Crippen LogP contribution is 2.12. The molecule has 1 aromatic heterocycles. The molecule has 1 aliphatic heterocycles. The molecular formula is C11H16N2O2S. The first-order chi connectivity index (χ1) is 7.66. The maximum absolute atomic E-state index is 11.4. The van der Waals surface area contributed by atoms with Crippen molar-refractivity contribution in [3.05, 3.63) is 30.1 Å². The van der Waals surface area contributed by atoms with Crippen molar-refractivity contribution in [3.63, 3.8) is 0 Å². The number of hydrogen-bond donors (Lipinski definition) is 1. The van der Waals surface area contributed by atoms with Crippen molar-refractivity contribution >= 4 is 9.84 Å². The molecule has 2 rings (SSSR count). The van der Waals surface area contributed by atoms with Gasteiger partial charge in [-0.25, -0.2) is 8.42 Å². The number of sulfone groups is 1. The molecule has 0 amide bonds. The fraction of sp³-hybridized carbons (Fsp3) is 0.545. The van der Waals surface area contributed by atoms with Crippen LogP contribution in [0.25, 0.3) is 0 Å². The highest BCUT2D eigenvalue weighted by atomic mass is 32.2. The van der Waals surface area contributed by atoms with Gasteiger partial charge in [0, 0.05) is 18.8 Å². The molecule has 1 aromatic rings. The third kappa shape index (κ3) is 3.28. The molecule has 0 saturated carbocycles. The summed E-state index contributed by atoms with van der Waals surface area (Å²) in [6.07, 6.45) is 3.45. The van der Waals surface area contributed by atoms with E-state index in [1.165, 1.54) is 0 Å². The van der Waals surface area contributed by atoms with Crippen molar-refractivity contribution in [1.29, 1.82) is 0 Å². The summed E-state index contributed by atoms with van der Waals surface area (Å²) in [4.78, 5) is 4.19. The first kappa shape index (κ1) is 11.5. The number of aromatic nitrogens is 1. The molecule has 0 radical (unpaired) electrons. The van der Waals surface area contributed by atoms with E-state index in [1.807, 2.05) is 18.2 Å². The Hall–Kier alpha value is -0.940. The molecule has 0 aliphatic carbocycles. The quantitative estimate of drug-likeness (QED) is 0.847. The number of nitrogens with zero attached hydrogens (tertiary/aromatic N) is 1. The van der Waals surface area contributed by atoms with Crippen molar-refractivity contribution < 1.29 is 8.42 Å². The third-order valence-corrected chi connectivity index (χ3v) is 4.58. The molecule has 0 spiro atoms. The van der Waals surface area contributed by atoms with Crippen molar-refractivity contribution in [2.24, 2.45) is 0 Å². The van der Waals surface area contributed by atoms with E-state index in [1.54, 1.807) is 6.20 Å². The largest absolute Gasteiger partial charge is 0.307 e. The Labute approximate surface area is 96.0 Å². The van der Waals surface area contributed by atoms with Crippen LogP contribution in [-0.2, 0) is 16.4 Å². The zero-order valence-electron chi connectivity index (χ0n) is 9.09. The second-order valence-corrected chi connectivity index (χ2v) is 6.38. The van der Waals surface area contributed by atoms with Crippen LogP contribution < -0.4 is 5.32 Å². The van der Waals surface area contributed by atoms with Crippen LogP contribution in [0.2, 0.25) is 0 Å². The van der Waals surface area contributed by atoms with E-state index in [4.69, 9.17) is 0 Å². The fourth-order valence-electron chi connectivity index (χ4n) is 1.94. The SMILES string of the molecule is O=S1(=O)CCCC(NCc2ccccn2)C1. The predicted octanol–water partition coefficient (Wildman–Crippen LogP) is 0.748. The molecule has 1 unspecified atom stereocenters. The Morgan fingerprint density at radius 3 is 3.00 bits per heavy atom. The molecule has 4 nitrogen and oxygen atoms in total. The van der Waals surface area contributed by atoms with E-state index >= 15 is 0 Å². The van der Waals surface area contributed by atoms with Gasteiger partial charge in [-0.15, -0.1) is 0 Å². The van der Waals surface area contributed by atoms with E-state index in [-0.39, 0.29) is 11.8 Å². The van der Waals surface area contributed by atoms with E-state index in [0.29, 0.717) is 12.3 Å². The van der Waals surface area contributed by atoms with Gasteiger partial charge >= 0.3 is 0 Å². The summed E-state index contributed by atoms with van der Waals surface area (Å²) in [6, 6.07) is 5.82. The summed E-state index contributed by atoms with van der Waals surface area (Å²) in [5.74, 6) is 0.606. The highest BCUT2D eigenvalue weighted by molar-refractivity contribution is 7.91. The topological polar surface area (TPSA) is 59.1 Å². The van der Waals surface area contributed by atoms with Gasteiger partial charge < -0.3 is 5.32 Å². The van der Waals surface area contributed by atoms with Gasteiger partial charge in [-0.1, -0.05) is 6.07 Å². The van der Waals surface area contributed by atoms with Crippen LogP contribution in [0.4, 0.5) is 0 Å². The van der Waals surface area contributed by atoms with Crippen molar-refractivity contribution in [1.82, 2.24) is 10.3 Å². The minimum Gasteiger partial charge on any atom is -0.307 e. The molecule has 16 heavy (non-hydrogen) atoms. The number of hydrogen-bond acceptors (Lipinski definition) is 4. The van der Waals surface area contributed by atoms with E-state index < -0.39 is 9.84 Å². The minimum atomic E-state index is -2.82. The van der Waals surface area contributed by atoms with Gasteiger partial charge in [-0.3, -0.25) is 4.98 Å². The molecule has 1 aliphatic rings. The molecule has 1 atom stereocenters. The Morgan fingerprint density at radius 2 is 2.31 bits per heavy atom. The van der Waals surface area contributed by atoms with Crippen LogP contribution in [0, 0.1) is 0 Å². The Bertz CT molecular complexity index is 431. The van der Waals surface area contributed by atoms with Gasteiger partial charge in [0.05, 0.1) is 17.2 Å². The summed E-state index contributed by atoms with van der Waals surface area (Å²) < 4.78 is 22.8. The highest BCUT2D eigenvalue weighted by Gasteiger charge is 2.24. The van der Waals surface area contributed by atoms with Gasteiger partial charge in [0.2, 0.25) is 0 Å². The lowest BCUT2D eigenvalue weighted by atomic mass is 10.2. The molecule has 5 heteroatoms. The predicted molar refractivity (Wildman–Crippen MR) is 62.8 cm³/mol. The Morgan fingerprint density at radius 1 is 1.44 bits per heavy atom. The van der Waals surface area contributed by atoms with Crippen LogP contribution in [0.1, 0.15) is 18.5 Å². The third-order valence-electron chi connectivity index (χ3n) is 2.76. The molecule has 88 valence electrons. The van der Waals surface area contributed by atoms with Gasteiger partial charge in [-0.05, 0) is 25.0 Å². The van der Waals surface area contributed by atoms with Crippen LogP contribution in [0.3, 0.4) is 0 Å². The fourth-order valence-corrected chi connectivity index (χ4v) is 3.61. The minimum absolute atomic E-state index is 0.0840. The summed E-state index contributed by atoms with van der Waals surface area (Å²) in [5.41, 5.74) is 0.950. The molecule has 1 saturated heterocycles. The molecular weight excluding hydrogens is 224 g/mol. The van der Waals surface area contributed by atoms with Gasteiger partial charge in [0.1, 0.15) is 0 Å². The monoisotopic (exact) mass is 240 g/mol. The lowest BCUT2D eigenvalue weighted by molar-refractivity contribution is 0.477. The van der Waals surface area contributed by atoms with E-state index in [0.717, 1.165) is 18.5 Å². The Balaban J connectivity index is 1.87. The average Bonchev–Trinajstić information content (AvgIpc) is 2.27. The van der Waals surface area contributed by atoms with Crippen molar-refractivity contribution in [3.8, 4) is 0 Å². The zero-order chi connectivity index (χ0) is 11.4. The lowest BCUT2D eigenvalue weighted by Gasteiger charge is -2.22. The normalized spacial score (nSPS) is 24.1.